The molecule has 1 rings (SSSR count). The Labute approximate surface area is 97.4 Å². The van der Waals surface area contributed by atoms with Crippen molar-refractivity contribution in [2.75, 3.05) is 19.8 Å². The SMILES string of the molecule is CCOCC(=O)NC[C@@]1(C)CCCC[C@@H]1O. The minimum absolute atomic E-state index is 0.0964. The second-order valence-corrected chi connectivity index (χ2v) is 4.83. The fourth-order valence-electron chi connectivity index (χ4n) is 2.13. The van der Waals surface area contributed by atoms with Crippen LogP contribution in [0, 0.1) is 5.41 Å². The van der Waals surface area contributed by atoms with Gasteiger partial charge in [0.05, 0.1) is 6.10 Å². The Bertz CT molecular complexity index is 232. The summed E-state index contributed by atoms with van der Waals surface area (Å²) in [7, 11) is 0. The largest absolute Gasteiger partial charge is 0.392 e. The third kappa shape index (κ3) is 3.76. The molecule has 0 aromatic heterocycles. The number of hydrogen-bond donors (Lipinski definition) is 2. The van der Waals surface area contributed by atoms with E-state index in [0.717, 1.165) is 25.7 Å². The van der Waals surface area contributed by atoms with E-state index in [4.69, 9.17) is 4.74 Å². The summed E-state index contributed by atoms with van der Waals surface area (Å²) in [6, 6.07) is 0. The van der Waals surface area contributed by atoms with Crippen LogP contribution >= 0.6 is 0 Å². The summed E-state index contributed by atoms with van der Waals surface area (Å²) in [4.78, 5) is 11.4. The molecule has 2 N–H and O–H groups in total. The van der Waals surface area contributed by atoms with Crippen LogP contribution in [0.2, 0.25) is 0 Å². The number of aliphatic hydroxyl groups excluding tert-OH is 1. The van der Waals surface area contributed by atoms with Gasteiger partial charge < -0.3 is 15.2 Å². The van der Waals surface area contributed by atoms with Gasteiger partial charge in [0.25, 0.3) is 0 Å². The first-order chi connectivity index (χ1) is 7.58. The van der Waals surface area contributed by atoms with Crippen molar-refractivity contribution in [1.82, 2.24) is 5.32 Å². The van der Waals surface area contributed by atoms with Crippen molar-refractivity contribution in [1.29, 1.82) is 0 Å². The van der Waals surface area contributed by atoms with Gasteiger partial charge in [-0.25, -0.2) is 0 Å². The van der Waals surface area contributed by atoms with Crippen molar-refractivity contribution < 1.29 is 14.6 Å². The molecule has 1 saturated carbocycles. The van der Waals surface area contributed by atoms with Crippen molar-refractivity contribution in [2.24, 2.45) is 5.41 Å². The number of ether oxygens (including phenoxy) is 1. The summed E-state index contributed by atoms with van der Waals surface area (Å²) < 4.78 is 5.02. The highest BCUT2D eigenvalue weighted by atomic mass is 16.5. The van der Waals surface area contributed by atoms with Gasteiger partial charge in [-0.1, -0.05) is 19.8 Å². The van der Waals surface area contributed by atoms with Crippen LogP contribution in [-0.4, -0.2) is 36.9 Å². The molecule has 0 aromatic rings. The molecule has 0 unspecified atom stereocenters. The fourth-order valence-corrected chi connectivity index (χ4v) is 2.13. The number of nitrogens with one attached hydrogen (secondary N) is 1. The number of amides is 1. The van der Waals surface area contributed by atoms with Crippen molar-refractivity contribution in [3.8, 4) is 0 Å². The molecular formula is C12H23NO3. The molecule has 0 aromatic carbocycles. The maximum absolute atomic E-state index is 11.4. The lowest BCUT2D eigenvalue weighted by molar-refractivity contribution is -0.126. The van der Waals surface area contributed by atoms with Crippen molar-refractivity contribution >= 4 is 5.91 Å². The molecule has 1 fully saturated rings. The number of hydrogen-bond acceptors (Lipinski definition) is 3. The quantitative estimate of drug-likeness (QED) is 0.741. The third-order valence-corrected chi connectivity index (χ3v) is 3.41. The van der Waals surface area contributed by atoms with Gasteiger partial charge in [-0.2, -0.15) is 0 Å². The second-order valence-electron chi connectivity index (χ2n) is 4.83. The summed E-state index contributed by atoms with van der Waals surface area (Å²) in [5.41, 5.74) is -0.167. The zero-order chi connectivity index (χ0) is 12.0. The Morgan fingerprint density at radius 3 is 2.94 bits per heavy atom. The Hall–Kier alpha value is -0.610. The van der Waals surface area contributed by atoms with Crippen LogP contribution in [0.1, 0.15) is 39.5 Å². The summed E-state index contributed by atoms with van der Waals surface area (Å²) in [5, 5.41) is 12.8. The molecule has 94 valence electrons. The number of rotatable bonds is 5. The molecule has 4 nitrogen and oxygen atoms in total. The summed E-state index contributed by atoms with van der Waals surface area (Å²) in [6.45, 7) is 5.10. The van der Waals surface area contributed by atoms with Crippen molar-refractivity contribution in [2.45, 2.75) is 45.6 Å². The van der Waals surface area contributed by atoms with E-state index in [1.54, 1.807) is 0 Å². The van der Waals surface area contributed by atoms with Crippen LogP contribution in [0.25, 0.3) is 0 Å². The standard InChI is InChI=1S/C12H23NO3/c1-3-16-8-11(15)13-9-12(2)7-5-4-6-10(12)14/h10,14H,3-9H2,1-2H3,(H,13,15)/t10-,12+/m0/s1. The van der Waals surface area contributed by atoms with Crippen LogP contribution < -0.4 is 5.32 Å². The minimum Gasteiger partial charge on any atom is -0.392 e. The Balaban J connectivity index is 2.32. The predicted molar refractivity (Wildman–Crippen MR) is 62.1 cm³/mol. The Morgan fingerprint density at radius 2 is 2.31 bits per heavy atom. The van der Waals surface area contributed by atoms with Crippen LogP contribution in [0.3, 0.4) is 0 Å². The maximum Gasteiger partial charge on any atom is 0.246 e. The summed E-state index contributed by atoms with van der Waals surface area (Å²) in [6.07, 6.45) is 3.74. The normalized spacial score (nSPS) is 30.1. The zero-order valence-electron chi connectivity index (χ0n) is 10.3. The van der Waals surface area contributed by atoms with Gasteiger partial charge in [-0.3, -0.25) is 4.79 Å². The van der Waals surface area contributed by atoms with E-state index in [0.29, 0.717) is 13.2 Å². The molecule has 0 spiro atoms. The first kappa shape index (κ1) is 13.5. The highest BCUT2D eigenvalue weighted by Crippen LogP contribution is 2.35. The molecule has 0 saturated heterocycles. The molecule has 16 heavy (non-hydrogen) atoms. The lowest BCUT2D eigenvalue weighted by atomic mass is 9.73. The molecule has 0 aliphatic heterocycles. The van der Waals surface area contributed by atoms with Gasteiger partial charge in [0.1, 0.15) is 6.61 Å². The molecule has 0 bridgehead atoms. The van der Waals surface area contributed by atoms with Crippen LogP contribution in [0.15, 0.2) is 0 Å². The molecular weight excluding hydrogens is 206 g/mol. The zero-order valence-corrected chi connectivity index (χ0v) is 10.3. The van der Waals surface area contributed by atoms with Gasteiger partial charge in [-0.05, 0) is 19.8 Å². The smallest absolute Gasteiger partial charge is 0.246 e. The Morgan fingerprint density at radius 1 is 1.56 bits per heavy atom. The topological polar surface area (TPSA) is 58.6 Å². The van der Waals surface area contributed by atoms with Crippen LogP contribution in [0.5, 0.6) is 0 Å². The minimum atomic E-state index is -0.298. The molecule has 4 heteroatoms. The van der Waals surface area contributed by atoms with Crippen molar-refractivity contribution in [3.63, 3.8) is 0 Å². The summed E-state index contributed by atoms with van der Waals surface area (Å²) in [5.74, 6) is -0.0964. The van der Waals surface area contributed by atoms with Crippen LogP contribution in [0.4, 0.5) is 0 Å². The molecule has 1 aliphatic carbocycles. The van der Waals surface area contributed by atoms with Gasteiger partial charge in [0.15, 0.2) is 0 Å². The van der Waals surface area contributed by atoms with Gasteiger partial charge in [0, 0.05) is 18.6 Å². The number of carbonyl (C=O) groups excluding carboxylic acids is 1. The molecule has 0 heterocycles. The highest BCUT2D eigenvalue weighted by Gasteiger charge is 2.35. The van der Waals surface area contributed by atoms with Gasteiger partial charge >= 0.3 is 0 Å². The third-order valence-electron chi connectivity index (χ3n) is 3.41. The maximum atomic E-state index is 11.4. The van der Waals surface area contributed by atoms with E-state index in [-0.39, 0.29) is 24.0 Å². The van der Waals surface area contributed by atoms with Crippen LogP contribution in [-0.2, 0) is 9.53 Å². The number of aliphatic hydroxyl groups is 1. The van der Waals surface area contributed by atoms with E-state index >= 15 is 0 Å². The average Bonchev–Trinajstić information content (AvgIpc) is 2.28. The van der Waals surface area contributed by atoms with E-state index in [2.05, 4.69) is 5.32 Å². The van der Waals surface area contributed by atoms with E-state index in [1.807, 2.05) is 13.8 Å². The first-order valence-electron chi connectivity index (χ1n) is 6.11. The van der Waals surface area contributed by atoms with E-state index < -0.39 is 0 Å². The second kappa shape index (κ2) is 6.21. The van der Waals surface area contributed by atoms with E-state index in [9.17, 15) is 9.90 Å². The predicted octanol–water partition coefficient (Wildman–Crippen LogP) is 1.08. The first-order valence-corrected chi connectivity index (χ1v) is 6.11. The van der Waals surface area contributed by atoms with Gasteiger partial charge in [0.2, 0.25) is 5.91 Å². The van der Waals surface area contributed by atoms with E-state index in [1.165, 1.54) is 0 Å². The molecule has 1 aliphatic rings. The monoisotopic (exact) mass is 229 g/mol. The molecule has 1 amide bonds. The lowest BCUT2D eigenvalue weighted by Gasteiger charge is -2.38. The van der Waals surface area contributed by atoms with Gasteiger partial charge in [-0.15, -0.1) is 0 Å². The Kier molecular flexibility index (Phi) is 5.22. The lowest BCUT2D eigenvalue weighted by Crippen LogP contribution is -2.45. The summed E-state index contributed by atoms with van der Waals surface area (Å²) >= 11 is 0. The number of carbonyl (C=O) groups is 1. The van der Waals surface area contributed by atoms with Crippen molar-refractivity contribution in [3.05, 3.63) is 0 Å². The fraction of sp³-hybridized carbons (Fsp3) is 0.917. The molecule has 2 atom stereocenters. The molecule has 0 radical (unpaired) electrons. The highest BCUT2D eigenvalue weighted by molar-refractivity contribution is 5.77. The average molecular weight is 229 g/mol.